The van der Waals surface area contributed by atoms with Gasteiger partial charge in [0.1, 0.15) is 16.3 Å². The molecule has 0 fully saturated rings. The average Bonchev–Trinajstić information content (AvgIpc) is 3.54. The zero-order valence-electron chi connectivity index (χ0n) is 19.2. The van der Waals surface area contributed by atoms with Gasteiger partial charge in [-0.3, -0.25) is 14.2 Å². The number of fused-ring (bicyclic) bond motifs is 1. The lowest BCUT2D eigenvalue weighted by molar-refractivity contribution is 0.101. The minimum Gasteiger partial charge on any atom is -0.494 e. The van der Waals surface area contributed by atoms with Crippen LogP contribution >= 0.6 is 23.1 Å². The van der Waals surface area contributed by atoms with Crippen LogP contribution in [0, 0.1) is 0 Å². The summed E-state index contributed by atoms with van der Waals surface area (Å²) < 4.78 is 13.0. The van der Waals surface area contributed by atoms with Crippen LogP contribution in [0.15, 0.2) is 86.7 Å². The van der Waals surface area contributed by atoms with Gasteiger partial charge in [-0.2, -0.15) is 0 Å². The molecule has 0 spiro atoms. The van der Waals surface area contributed by atoms with Gasteiger partial charge in [0.2, 0.25) is 0 Å². The molecule has 0 aliphatic rings. The van der Waals surface area contributed by atoms with Crippen molar-refractivity contribution in [2.45, 2.75) is 24.8 Å². The van der Waals surface area contributed by atoms with Crippen molar-refractivity contribution in [2.75, 3.05) is 6.61 Å². The van der Waals surface area contributed by atoms with Gasteiger partial charge in [-0.05, 0) is 56.3 Å². The van der Waals surface area contributed by atoms with E-state index in [9.17, 15) is 9.59 Å². The molecule has 0 unspecified atom stereocenters. The van der Waals surface area contributed by atoms with Crippen LogP contribution in [0.1, 0.15) is 29.8 Å². The van der Waals surface area contributed by atoms with Gasteiger partial charge in [-0.15, -0.1) is 11.3 Å². The summed E-state index contributed by atoms with van der Waals surface area (Å²) in [4.78, 5) is 31.4. The van der Waals surface area contributed by atoms with E-state index in [-0.39, 0.29) is 11.3 Å². The Hall–Kier alpha value is -3.62. The molecule has 176 valence electrons. The number of aromatic nitrogens is 2. The molecule has 0 bridgehead atoms. The van der Waals surface area contributed by atoms with Crippen molar-refractivity contribution in [3.05, 3.63) is 93.8 Å². The Bertz CT molecular complexity index is 1550. The third kappa shape index (κ3) is 4.54. The normalized spacial score (nSPS) is 11.1. The fourth-order valence-corrected chi connectivity index (χ4v) is 5.80. The lowest BCUT2D eigenvalue weighted by atomic mass is 10.1. The minimum atomic E-state index is -0.154. The first kappa shape index (κ1) is 23.1. The summed E-state index contributed by atoms with van der Waals surface area (Å²) in [5, 5.41) is 3.01. The zero-order chi connectivity index (χ0) is 24.4. The highest BCUT2D eigenvalue weighted by Gasteiger charge is 2.20. The van der Waals surface area contributed by atoms with Gasteiger partial charge in [0.15, 0.2) is 10.9 Å². The highest BCUT2D eigenvalue weighted by molar-refractivity contribution is 7.98. The third-order valence-corrected chi connectivity index (χ3v) is 7.36. The molecule has 0 N–H and O–H groups in total. The summed E-state index contributed by atoms with van der Waals surface area (Å²) in [7, 11) is 0. The number of carbonyl (C=O) groups excluding carboxylic acids is 1. The third-order valence-electron chi connectivity index (χ3n) is 5.50. The van der Waals surface area contributed by atoms with Crippen molar-refractivity contribution in [1.29, 1.82) is 0 Å². The van der Waals surface area contributed by atoms with Gasteiger partial charge in [-0.25, -0.2) is 4.98 Å². The number of carbonyl (C=O) groups is 1. The number of nitrogens with zero attached hydrogens (tertiary/aromatic N) is 2. The summed E-state index contributed by atoms with van der Waals surface area (Å²) in [5.41, 5.74) is 2.81. The fourth-order valence-electron chi connectivity index (χ4n) is 3.84. The van der Waals surface area contributed by atoms with Crippen LogP contribution in [0.5, 0.6) is 5.75 Å². The number of Topliss-reactive ketones (excluding diaryl/α,β-unsaturated/α-hetero) is 1. The number of thioether (sulfide) groups is 1. The van der Waals surface area contributed by atoms with Crippen molar-refractivity contribution in [1.82, 2.24) is 9.55 Å². The van der Waals surface area contributed by atoms with Gasteiger partial charge < -0.3 is 9.15 Å². The van der Waals surface area contributed by atoms with Gasteiger partial charge in [0.25, 0.3) is 5.56 Å². The number of hydrogen-bond donors (Lipinski definition) is 0. The summed E-state index contributed by atoms with van der Waals surface area (Å²) in [6, 6.07) is 18.6. The number of para-hydroxylation sites is 1. The first-order chi connectivity index (χ1) is 17.1. The lowest BCUT2D eigenvalue weighted by Gasteiger charge is -2.14. The largest absolute Gasteiger partial charge is 0.494 e. The maximum Gasteiger partial charge on any atom is 0.268 e. The molecule has 35 heavy (non-hydrogen) atoms. The predicted molar refractivity (Wildman–Crippen MR) is 140 cm³/mol. The Morgan fingerprint density at radius 1 is 1.14 bits per heavy atom. The summed E-state index contributed by atoms with van der Waals surface area (Å²) in [6.45, 7) is 3.98. The highest BCUT2D eigenvalue weighted by Crippen LogP contribution is 2.35. The SMILES string of the molecule is CCOc1ccc(C(C)=O)cc1CSc1nc2scc(-c3ccco3)c2c(=O)n1-c1ccccc1. The molecule has 0 atom stereocenters. The molecule has 2 aromatic carbocycles. The van der Waals surface area contributed by atoms with Crippen molar-refractivity contribution >= 4 is 39.1 Å². The van der Waals surface area contributed by atoms with Gasteiger partial charge in [0.05, 0.1) is 23.9 Å². The second kappa shape index (κ2) is 9.93. The first-order valence-corrected chi connectivity index (χ1v) is 13.0. The van der Waals surface area contributed by atoms with Crippen LogP contribution in [0.4, 0.5) is 0 Å². The molecule has 0 aliphatic heterocycles. The Labute approximate surface area is 210 Å². The molecule has 0 radical (unpaired) electrons. The molecule has 5 aromatic rings. The average molecular weight is 503 g/mol. The van der Waals surface area contributed by atoms with E-state index in [1.807, 2.05) is 60.8 Å². The number of ketones is 1. The zero-order valence-corrected chi connectivity index (χ0v) is 20.8. The molecule has 0 amide bonds. The molecule has 0 aliphatic carbocycles. The monoisotopic (exact) mass is 502 g/mol. The number of ether oxygens (including phenoxy) is 1. The van der Waals surface area contributed by atoms with Crippen LogP contribution in [-0.4, -0.2) is 21.9 Å². The lowest BCUT2D eigenvalue weighted by Crippen LogP contribution is -2.21. The summed E-state index contributed by atoms with van der Waals surface area (Å²) >= 11 is 2.85. The van der Waals surface area contributed by atoms with E-state index >= 15 is 0 Å². The maximum absolute atomic E-state index is 13.9. The van der Waals surface area contributed by atoms with Gasteiger partial charge >= 0.3 is 0 Å². The van der Waals surface area contributed by atoms with Crippen LogP contribution in [0.3, 0.4) is 0 Å². The molecule has 8 heteroatoms. The summed E-state index contributed by atoms with van der Waals surface area (Å²) in [6.07, 6.45) is 1.59. The topological polar surface area (TPSA) is 74.3 Å². The molecule has 6 nitrogen and oxygen atoms in total. The Balaban J connectivity index is 1.63. The van der Waals surface area contributed by atoms with Crippen LogP contribution in [0.2, 0.25) is 0 Å². The van der Waals surface area contributed by atoms with E-state index in [1.54, 1.807) is 29.9 Å². The Kier molecular flexibility index (Phi) is 6.57. The standard InChI is InChI=1S/C27H22N2O4S2/c1-3-32-22-12-11-18(17(2)30)14-19(22)15-35-27-28-25-24(21(16-34-25)23-10-7-13-33-23)26(31)29(27)20-8-5-4-6-9-20/h4-14,16H,3,15H2,1-2H3. The van der Waals surface area contributed by atoms with Gasteiger partial charge in [0, 0.05) is 27.8 Å². The number of benzene rings is 2. The van der Waals surface area contributed by atoms with E-state index in [4.69, 9.17) is 14.1 Å². The van der Waals surface area contributed by atoms with Crippen molar-refractivity contribution < 1.29 is 13.9 Å². The number of furan rings is 1. The molecular formula is C27H22N2O4S2. The molecule has 3 heterocycles. The second-order valence-electron chi connectivity index (χ2n) is 7.78. The second-order valence-corrected chi connectivity index (χ2v) is 9.58. The van der Waals surface area contributed by atoms with E-state index < -0.39 is 0 Å². The van der Waals surface area contributed by atoms with Crippen LogP contribution < -0.4 is 10.3 Å². The number of thiophene rings is 1. The first-order valence-electron chi connectivity index (χ1n) is 11.1. The molecule has 5 rings (SSSR count). The fraction of sp³-hybridized carbons (Fsp3) is 0.148. The Morgan fingerprint density at radius 3 is 2.69 bits per heavy atom. The van der Waals surface area contributed by atoms with E-state index in [1.165, 1.54) is 23.1 Å². The predicted octanol–water partition coefficient (Wildman–Crippen LogP) is 6.60. The molecule has 3 aromatic heterocycles. The maximum atomic E-state index is 13.9. The highest BCUT2D eigenvalue weighted by atomic mass is 32.2. The quantitative estimate of drug-likeness (QED) is 0.135. The number of hydrogen-bond acceptors (Lipinski definition) is 7. The minimum absolute atomic E-state index is 0.0101. The van der Waals surface area contributed by atoms with Crippen molar-refractivity contribution in [3.63, 3.8) is 0 Å². The van der Waals surface area contributed by atoms with Crippen molar-refractivity contribution in [2.24, 2.45) is 0 Å². The number of rotatable bonds is 8. The smallest absolute Gasteiger partial charge is 0.268 e. The van der Waals surface area contributed by atoms with Crippen molar-refractivity contribution in [3.8, 4) is 22.8 Å². The van der Waals surface area contributed by atoms with Crippen LogP contribution in [-0.2, 0) is 5.75 Å². The molecule has 0 saturated carbocycles. The van der Waals surface area contributed by atoms with E-state index in [0.29, 0.717) is 39.1 Å². The van der Waals surface area contributed by atoms with E-state index in [2.05, 4.69) is 0 Å². The molecular weight excluding hydrogens is 480 g/mol. The summed E-state index contributed by atoms with van der Waals surface area (Å²) in [5.74, 6) is 1.83. The van der Waals surface area contributed by atoms with Crippen LogP contribution in [0.25, 0.3) is 27.2 Å². The molecule has 0 saturated heterocycles. The van der Waals surface area contributed by atoms with Gasteiger partial charge in [-0.1, -0.05) is 30.0 Å². The van der Waals surface area contributed by atoms with E-state index in [0.717, 1.165) is 22.6 Å². The Morgan fingerprint density at radius 2 is 1.97 bits per heavy atom.